The first kappa shape index (κ1) is 12.2. The molecule has 0 heterocycles. The molecular weight excluding hydrogens is 220 g/mol. The number of carboxylic acid groups (broad SMARTS) is 1. The van der Waals surface area contributed by atoms with Crippen molar-refractivity contribution in [3.63, 3.8) is 0 Å². The molecule has 2 rings (SSSR count). The van der Waals surface area contributed by atoms with Crippen molar-refractivity contribution in [2.45, 2.75) is 51.1 Å². The van der Waals surface area contributed by atoms with Gasteiger partial charge in [0.1, 0.15) is 6.04 Å². The van der Waals surface area contributed by atoms with Crippen LogP contribution in [-0.4, -0.2) is 40.6 Å². The highest BCUT2D eigenvalue weighted by Gasteiger charge is 2.39. The second-order valence-corrected chi connectivity index (χ2v) is 5.03. The first-order chi connectivity index (χ1) is 8.13. The van der Waals surface area contributed by atoms with Crippen molar-refractivity contribution < 1.29 is 14.7 Å². The van der Waals surface area contributed by atoms with E-state index < -0.39 is 12.0 Å². The van der Waals surface area contributed by atoms with Crippen LogP contribution in [0.1, 0.15) is 39.0 Å². The van der Waals surface area contributed by atoms with Gasteiger partial charge in [0.2, 0.25) is 0 Å². The number of carbonyl (C=O) groups is 2. The summed E-state index contributed by atoms with van der Waals surface area (Å²) in [6, 6.07) is -0.558. The van der Waals surface area contributed by atoms with Crippen molar-refractivity contribution in [2.24, 2.45) is 5.92 Å². The van der Waals surface area contributed by atoms with Crippen LogP contribution >= 0.6 is 0 Å². The summed E-state index contributed by atoms with van der Waals surface area (Å²) >= 11 is 0. The molecule has 2 aliphatic rings. The minimum absolute atomic E-state index is 0.138. The van der Waals surface area contributed by atoms with Crippen LogP contribution in [0.25, 0.3) is 0 Å². The van der Waals surface area contributed by atoms with E-state index in [-0.39, 0.29) is 11.9 Å². The highest BCUT2D eigenvalue weighted by Crippen LogP contribution is 2.33. The number of hydrogen-bond donors (Lipinski definition) is 2. The molecule has 0 bridgehead atoms. The van der Waals surface area contributed by atoms with Crippen molar-refractivity contribution in [3.05, 3.63) is 0 Å². The molecule has 0 aliphatic heterocycles. The van der Waals surface area contributed by atoms with Gasteiger partial charge in [0.15, 0.2) is 0 Å². The smallest absolute Gasteiger partial charge is 0.326 e. The molecule has 2 saturated carbocycles. The van der Waals surface area contributed by atoms with Crippen LogP contribution in [0.4, 0.5) is 4.79 Å². The molecule has 0 saturated heterocycles. The molecule has 2 N–H and O–H groups in total. The van der Waals surface area contributed by atoms with Gasteiger partial charge in [0.05, 0.1) is 0 Å². The summed E-state index contributed by atoms with van der Waals surface area (Å²) in [5.41, 5.74) is 0. The molecule has 1 unspecified atom stereocenters. The number of carboxylic acids is 1. The van der Waals surface area contributed by atoms with E-state index >= 15 is 0 Å². The first-order valence-corrected chi connectivity index (χ1v) is 6.43. The van der Waals surface area contributed by atoms with Gasteiger partial charge in [-0.15, -0.1) is 0 Å². The number of urea groups is 1. The lowest BCUT2D eigenvalue weighted by Gasteiger charge is -2.24. The molecule has 2 aliphatic carbocycles. The first-order valence-electron chi connectivity index (χ1n) is 6.43. The number of hydrogen-bond acceptors (Lipinski definition) is 2. The monoisotopic (exact) mass is 240 g/mol. The van der Waals surface area contributed by atoms with Crippen molar-refractivity contribution in [1.82, 2.24) is 10.2 Å². The fourth-order valence-corrected chi connectivity index (χ4v) is 2.10. The molecule has 0 aromatic heterocycles. The summed E-state index contributed by atoms with van der Waals surface area (Å²) in [5, 5.41) is 11.7. The van der Waals surface area contributed by atoms with Crippen LogP contribution in [0.5, 0.6) is 0 Å². The van der Waals surface area contributed by atoms with Crippen molar-refractivity contribution in [3.8, 4) is 0 Å². The summed E-state index contributed by atoms with van der Waals surface area (Å²) in [4.78, 5) is 24.9. The SMILES string of the molecule is CCCN(C(=O)NC(C(=O)O)C1CC1)C1CC1. The Balaban J connectivity index is 1.90. The zero-order valence-electron chi connectivity index (χ0n) is 10.2. The zero-order chi connectivity index (χ0) is 12.4. The van der Waals surface area contributed by atoms with E-state index in [1.807, 2.05) is 6.92 Å². The Labute approximate surface area is 101 Å². The van der Waals surface area contributed by atoms with E-state index in [2.05, 4.69) is 5.32 Å². The highest BCUT2D eigenvalue weighted by atomic mass is 16.4. The van der Waals surface area contributed by atoms with Gasteiger partial charge in [0.25, 0.3) is 0 Å². The maximum Gasteiger partial charge on any atom is 0.326 e. The summed E-state index contributed by atoms with van der Waals surface area (Å²) in [6.07, 6.45) is 4.83. The lowest BCUT2D eigenvalue weighted by Crippen LogP contribution is -2.49. The third kappa shape index (κ3) is 3.11. The van der Waals surface area contributed by atoms with Crippen LogP contribution in [0.15, 0.2) is 0 Å². The van der Waals surface area contributed by atoms with E-state index in [1.54, 1.807) is 4.90 Å². The average molecular weight is 240 g/mol. The van der Waals surface area contributed by atoms with Gasteiger partial charge in [-0.05, 0) is 38.0 Å². The third-order valence-corrected chi connectivity index (χ3v) is 3.35. The van der Waals surface area contributed by atoms with E-state index in [4.69, 9.17) is 5.11 Å². The topological polar surface area (TPSA) is 69.6 Å². The van der Waals surface area contributed by atoms with E-state index in [1.165, 1.54) is 0 Å². The molecule has 0 aromatic rings. The van der Waals surface area contributed by atoms with Gasteiger partial charge in [-0.1, -0.05) is 6.92 Å². The molecule has 2 fully saturated rings. The molecule has 17 heavy (non-hydrogen) atoms. The standard InChI is InChI=1S/C12H20N2O3/c1-2-7-14(9-5-6-9)12(17)13-10(11(15)16)8-3-4-8/h8-10H,2-7H2,1H3,(H,13,17)(H,15,16). The molecule has 0 spiro atoms. The molecule has 0 radical (unpaired) electrons. The maximum absolute atomic E-state index is 12.0. The number of carbonyl (C=O) groups excluding carboxylic acids is 1. The van der Waals surface area contributed by atoms with Crippen molar-refractivity contribution in [2.75, 3.05) is 6.54 Å². The van der Waals surface area contributed by atoms with Gasteiger partial charge in [-0.3, -0.25) is 0 Å². The predicted octanol–water partition coefficient (Wildman–Crippen LogP) is 1.43. The number of aliphatic carboxylic acids is 1. The molecule has 5 heteroatoms. The Hall–Kier alpha value is -1.26. The van der Waals surface area contributed by atoms with Crippen LogP contribution in [0.3, 0.4) is 0 Å². The van der Waals surface area contributed by atoms with Gasteiger partial charge in [-0.2, -0.15) is 0 Å². The second-order valence-electron chi connectivity index (χ2n) is 5.03. The maximum atomic E-state index is 12.0. The minimum Gasteiger partial charge on any atom is -0.480 e. The van der Waals surface area contributed by atoms with Gasteiger partial charge in [0, 0.05) is 12.6 Å². The molecule has 2 amide bonds. The van der Waals surface area contributed by atoms with Gasteiger partial charge < -0.3 is 15.3 Å². The summed E-state index contributed by atoms with van der Waals surface area (Å²) in [6.45, 7) is 2.74. The predicted molar refractivity (Wildman–Crippen MR) is 62.7 cm³/mol. The number of nitrogens with one attached hydrogen (secondary N) is 1. The summed E-state index contributed by atoms with van der Waals surface area (Å²) in [7, 11) is 0. The second kappa shape index (κ2) is 4.94. The molecular formula is C12H20N2O3. The summed E-state index contributed by atoms with van der Waals surface area (Å²) < 4.78 is 0. The van der Waals surface area contributed by atoms with E-state index in [0.717, 1.165) is 32.1 Å². The largest absolute Gasteiger partial charge is 0.480 e. The fourth-order valence-electron chi connectivity index (χ4n) is 2.10. The zero-order valence-corrected chi connectivity index (χ0v) is 10.2. The minimum atomic E-state index is -0.909. The van der Waals surface area contributed by atoms with Crippen LogP contribution < -0.4 is 5.32 Å². The Morgan fingerprint density at radius 3 is 2.41 bits per heavy atom. The fraction of sp³-hybridized carbons (Fsp3) is 0.833. The van der Waals surface area contributed by atoms with E-state index in [9.17, 15) is 9.59 Å². The Kier molecular flexibility index (Phi) is 3.54. The quantitative estimate of drug-likeness (QED) is 0.738. The third-order valence-electron chi connectivity index (χ3n) is 3.35. The average Bonchev–Trinajstić information content (AvgIpc) is 3.14. The normalized spacial score (nSPS) is 20.8. The van der Waals surface area contributed by atoms with E-state index in [0.29, 0.717) is 12.6 Å². The van der Waals surface area contributed by atoms with Crippen LogP contribution in [-0.2, 0) is 4.79 Å². The van der Waals surface area contributed by atoms with Crippen LogP contribution in [0, 0.1) is 5.92 Å². The van der Waals surface area contributed by atoms with Crippen molar-refractivity contribution in [1.29, 1.82) is 0 Å². The van der Waals surface area contributed by atoms with Gasteiger partial charge in [-0.25, -0.2) is 9.59 Å². The van der Waals surface area contributed by atoms with Crippen LogP contribution in [0.2, 0.25) is 0 Å². The Morgan fingerprint density at radius 1 is 1.35 bits per heavy atom. The van der Waals surface area contributed by atoms with Crippen molar-refractivity contribution >= 4 is 12.0 Å². The Morgan fingerprint density at radius 2 is 2.00 bits per heavy atom. The number of nitrogens with zero attached hydrogens (tertiary/aromatic N) is 1. The molecule has 5 nitrogen and oxygen atoms in total. The summed E-state index contributed by atoms with van der Waals surface area (Å²) in [5.74, 6) is -0.771. The molecule has 1 atom stereocenters. The lowest BCUT2D eigenvalue weighted by atomic mass is 10.2. The number of rotatable bonds is 6. The lowest BCUT2D eigenvalue weighted by molar-refractivity contribution is -0.139. The Bertz CT molecular complexity index is 311. The molecule has 0 aromatic carbocycles. The van der Waals surface area contributed by atoms with Gasteiger partial charge >= 0.3 is 12.0 Å². The highest BCUT2D eigenvalue weighted by molar-refractivity contribution is 5.83. The molecule has 96 valence electrons. The number of amides is 2.